The van der Waals surface area contributed by atoms with Crippen LogP contribution in [-0.4, -0.2) is 30.2 Å². The van der Waals surface area contributed by atoms with Crippen LogP contribution in [0.2, 0.25) is 10.0 Å². The summed E-state index contributed by atoms with van der Waals surface area (Å²) in [5.74, 6) is 0.670. The van der Waals surface area contributed by atoms with Gasteiger partial charge in [0.25, 0.3) is 11.8 Å². The van der Waals surface area contributed by atoms with Gasteiger partial charge in [0, 0.05) is 28.6 Å². The fraction of sp³-hybridized carbons (Fsp3) is 0.381. The minimum absolute atomic E-state index is 0.000553. The number of halogens is 2. The molecule has 160 valence electrons. The maximum absolute atomic E-state index is 12.4. The minimum Gasteiger partial charge on any atom is -0.482 e. The van der Waals surface area contributed by atoms with Crippen LogP contribution < -0.4 is 15.5 Å². The Morgan fingerprint density at radius 2 is 2.03 bits per heavy atom. The number of hydrazone groups is 1. The smallest absolute Gasteiger partial charge is 0.287 e. The molecule has 2 N–H and O–H groups in total. The quantitative estimate of drug-likeness (QED) is 0.641. The summed E-state index contributed by atoms with van der Waals surface area (Å²) in [6, 6.07) is 4.75. The lowest BCUT2D eigenvalue weighted by Crippen LogP contribution is -2.30. The second-order valence-electron chi connectivity index (χ2n) is 7.29. The summed E-state index contributed by atoms with van der Waals surface area (Å²) in [5, 5.41) is 7.89. The molecule has 0 spiro atoms. The Hall–Kier alpha value is -2.51. The number of hydrogen-bond donors (Lipinski definition) is 2. The molecule has 1 aliphatic carbocycles. The van der Waals surface area contributed by atoms with Crippen LogP contribution in [0.15, 0.2) is 27.7 Å². The van der Waals surface area contributed by atoms with Crippen molar-refractivity contribution in [1.82, 2.24) is 10.7 Å². The molecule has 2 aromatic rings. The summed E-state index contributed by atoms with van der Waals surface area (Å²) in [7, 11) is 0. The van der Waals surface area contributed by atoms with Gasteiger partial charge in [0.1, 0.15) is 11.5 Å². The van der Waals surface area contributed by atoms with Gasteiger partial charge in [-0.05, 0) is 51.8 Å². The zero-order valence-electron chi connectivity index (χ0n) is 17.0. The second-order valence-corrected chi connectivity index (χ2v) is 8.14. The topological polar surface area (TPSA) is 92.9 Å². The molecule has 0 fully saturated rings. The summed E-state index contributed by atoms with van der Waals surface area (Å²) in [5.41, 5.74) is 4.70. The van der Waals surface area contributed by atoms with Crippen molar-refractivity contribution in [2.75, 3.05) is 6.61 Å². The third-order valence-electron chi connectivity index (χ3n) is 4.52. The van der Waals surface area contributed by atoms with Gasteiger partial charge >= 0.3 is 0 Å². The number of aryl methyl sites for hydroxylation is 1. The Morgan fingerprint density at radius 3 is 2.73 bits per heavy atom. The molecule has 0 saturated heterocycles. The molecular formula is C21H23Cl2N3O4. The van der Waals surface area contributed by atoms with Crippen LogP contribution >= 0.6 is 23.2 Å². The molecule has 0 radical (unpaired) electrons. The van der Waals surface area contributed by atoms with Crippen LogP contribution in [0.25, 0.3) is 0 Å². The highest BCUT2D eigenvalue weighted by Gasteiger charge is 2.28. The number of hydrogen-bond acceptors (Lipinski definition) is 5. The third kappa shape index (κ3) is 5.15. The van der Waals surface area contributed by atoms with Gasteiger partial charge in [-0.15, -0.1) is 0 Å². The number of furan rings is 1. The van der Waals surface area contributed by atoms with Crippen molar-refractivity contribution in [3.05, 3.63) is 50.9 Å². The second kappa shape index (κ2) is 9.53. The Bertz CT molecular complexity index is 998. The molecule has 3 rings (SSSR count). The van der Waals surface area contributed by atoms with Gasteiger partial charge in [0.05, 0.1) is 10.7 Å². The van der Waals surface area contributed by atoms with Crippen molar-refractivity contribution < 1.29 is 18.7 Å². The van der Waals surface area contributed by atoms with E-state index in [0.29, 0.717) is 33.7 Å². The predicted octanol–water partition coefficient (Wildman–Crippen LogP) is 4.27. The Balaban J connectivity index is 1.69. The number of nitrogens with one attached hydrogen (secondary N) is 2. The molecule has 7 nitrogen and oxygen atoms in total. The first kappa shape index (κ1) is 22.2. The van der Waals surface area contributed by atoms with Gasteiger partial charge in [-0.25, -0.2) is 5.43 Å². The standard InChI is InChI=1S/C21H23Cl2N3O4/c1-11(2)24-21(28)20-12(3)19-15(5-4-6-17(19)30-20)25-26-18(27)10-29-16-8-7-13(22)9-14(16)23/h7-9,11H,4-6,10H2,1-3H3,(H,24,28)(H,26,27)/b25-15+. The molecule has 2 amide bonds. The van der Waals surface area contributed by atoms with Gasteiger partial charge in [0.2, 0.25) is 0 Å². The molecule has 0 unspecified atom stereocenters. The fourth-order valence-corrected chi connectivity index (χ4v) is 3.69. The molecule has 0 saturated carbocycles. The van der Waals surface area contributed by atoms with Gasteiger partial charge in [-0.3, -0.25) is 9.59 Å². The highest BCUT2D eigenvalue weighted by molar-refractivity contribution is 6.35. The van der Waals surface area contributed by atoms with E-state index in [4.69, 9.17) is 32.4 Å². The Kier molecular flexibility index (Phi) is 7.05. The van der Waals surface area contributed by atoms with Gasteiger partial charge in [-0.1, -0.05) is 23.2 Å². The lowest BCUT2D eigenvalue weighted by Gasteiger charge is -2.13. The maximum Gasteiger partial charge on any atom is 0.287 e. The van der Waals surface area contributed by atoms with Crippen LogP contribution in [0.1, 0.15) is 54.1 Å². The summed E-state index contributed by atoms with van der Waals surface area (Å²) < 4.78 is 11.2. The van der Waals surface area contributed by atoms with E-state index >= 15 is 0 Å². The van der Waals surface area contributed by atoms with E-state index < -0.39 is 5.91 Å². The van der Waals surface area contributed by atoms with Crippen LogP contribution in [0, 0.1) is 6.92 Å². The van der Waals surface area contributed by atoms with Gasteiger partial charge in [-0.2, -0.15) is 5.10 Å². The fourth-order valence-electron chi connectivity index (χ4n) is 3.22. The molecule has 1 heterocycles. The lowest BCUT2D eigenvalue weighted by molar-refractivity contribution is -0.123. The summed E-state index contributed by atoms with van der Waals surface area (Å²) in [4.78, 5) is 24.6. The number of fused-ring (bicyclic) bond motifs is 1. The van der Waals surface area contributed by atoms with Gasteiger partial charge in [0.15, 0.2) is 12.4 Å². The molecule has 0 atom stereocenters. The van der Waals surface area contributed by atoms with Gasteiger partial charge < -0.3 is 14.5 Å². The van der Waals surface area contributed by atoms with E-state index in [1.54, 1.807) is 12.1 Å². The average molecular weight is 452 g/mol. The zero-order chi connectivity index (χ0) is 21.8. The molecule has 1 aromatic heterocycles. The van der Waals surface area contributed by atoms with E-state index in [2.05, 4.69) is 15.8 Å². The van der Waals surface area contributed by atoms with Crippen molar-refractivity contribution in [2.24, 2.45) is 5.10 Å². The minimum atomic E-state index is -0.431. The van der Waals surface area contributed by atoms with E-state index in [-0.39, 0.29) is 24.3 Å². The normalized spacial score (nSPS) is 14.5. The first-order chi connectivity index (χ1) is 14.3. The molecule has 0 aliphatic heterocycles. The van der Waals surface area contributed by atoms with E-state index in [1.807, 2.05) is 20.8 Å². The average Bonchev–Trinajstić information content (AvgIpc) is 3.02. The number of carbonyl (C=O) groups is 2. The third-order valence-corrected chi connectivity index (χ3v) is 5.05. The monoisotopic (exact) mass is 451 g/mol. The molecule has 9 heteroatoms. The highest BCUT2D eigenvalue weighted by Crippen LogP contribution is 2.30. The SMILES string of the molecule is Cc1c(C(=O)NC(C)C)oc2c1/C(=N/NC(=O)COc1ccc(Cl)cc1Cl)CCC2. The number of nitrogens with zero attached hydrogens (tertiary/aromatic N) is 1. The van der Waals surface area contributed by atoms with Crippen molar-refractivity contribution in [1.29, 1.82) is 0 Å². The summed E-state index contributed by atoms with van der Waals surface area (Å²) in [6.07, 6.45) is 2.20. The summed E-state index contributed by atoms with van der Waals surface area (Å²) in [6.45, 7) is 5.35. The van der Waals surface area contributed by atoms with E-state index in [0.717, 1.165) is 24.0 Å². The maximum atomic E-state index is 12.4. The van der Waals surface area contributed by atoms with Crippen LogP contribution in [0.3, 0.4) is 0 Å². The van der Waals surface area contributed by atoms with Crippen molar-refractivity contribution >= 4 is 40.7 Å². The first-order valence-corrected chi connectivity index (χ1v) is 10.4. The zero-order valence-corrected chi connectivity index (χ0v) is 18.5. The van der Waals surface area contributed by atoms with E-state index in [9.17, 15) is 9.59 Å². The molecule has 0 bridgehead atoms. The Labute approximate surface area is 184 Å². The first-order valence-electron chi connectivity index (χ1n) is 9.63. The number of carbonyl (C=O) groups excluding carboxylic acids is 2. The summed E-state index contributed by atoms with van der Waals surface area (Å²) >= 11 is 11.9. The number of benzene rings is 1. The number of amides is 2. The molecule has 1 aromatic carbocycles. The molecule has 30 heavy (non-hydrogen) atoms. The van der Waals surface area contributed by atoms with Crippen molar-refractivity contribution in [3.63, 3.8) is 0 Å². The van der Waals surface area contributed by atoms with Crippen LogP contribution in [-0.2, 0) is 11.2 Å². The molecular weight excluding hydrogens is 429 g/mol. The number of rotatable bonds is 6. The Morgan fingerprint density at radius 1 is 1.27 bits per heavy atom. The number of ether oxygens (including phenoxy) is 1. The largest absolute Gasteiger partial charge is 0.482 e. The predicted molar refractivity (Wildman–Crippen MR) is 116 cm³/mol. The molecule has 1 aliphatic rings. The highest BCUT2D eigenvalue weighted by atomic mass is 35.5. The van der Waals surface area contributed by atoms with Crippen LogP contribution in [0.5, 0.6) is 5.75 Å². The lowest BCUT2D eigenvalue weighted by atomic mass is 9.93. The van der Waals surface area contributed by atoms with Crippen LogP contribution in [0.4, 0.5) is 0 Å². The van der Waals surface area contributed by atoms with Crippen molar-refractivity contribution in [2.45, 2.75) is 46.1 Å². The van der Waals surface area contributed by atoms with Crippen molar-refractivity contribution in [3.8, 4) is 5.75 Å². The van der Waals surface area contributed by atoms with E-state index in [1.165, 1.54) is 6.07 Å².